The van der Waals surface area contributed by atoms with Gasteiger partial charge in [-0.15, -0.1) is 10.2 Å². The highest BCUT2D eigenvalue weighted by Gasteiger charge is 2.17. The molecule has 0 radical (unpaired) electrons. The van der Waals surface area contributed by atoms with Gasteiger partial charge in [0.05, 0.1) is 0 Å². The van der Waals surface area contributed by atoms with Gasteiger partial charge in [0, 0.05) is 10.8 Å². The Labute approximate surface area is 175 Å². The molecule has 1 heterocycles. The van der Waals surface area contributed by atoms with Crippen molar-refractivity contribution >= 4 is 45.7 Å². The fourth-order valence-corrected chi connectivity index (χ4v) is 4.09. The first kappa shape index (κ1) is 20.6. The lowest BCUT2D eigenvalue weighted by molar-refractivity contribution is -0.122. The van der Waals surface area contributed by atoms with Gasteiger partial charge in [0.1, 0.15) is 11.6 Å². The van der Waals surface area contributed by atoms with E-state index >= 15 is 0 Å². The molecule has 3 aromatic rings. The Balaban J connectivity index is 1.54. The van der Waals surface area contributed by atoms with Gasteiger partial charge >= 0.3 is 0 Å². The van der Waals surface area contributed by atoms with Crippen LogP contribution in [0.3, 0.4) is 0 Å². The number of carbonyl (C=O) groups excluding carboxylic acids is 1. The molecule has 1 N–H and O–H groups in total. The Bertz CT molecular complexity index is 983. The first-order chi connectivity index (χ1) is 13.4. The van der Waals surface area contributed by atoms with Crippen LogP contribution in [-0.4, -0.2) is 22.2 Å². The maximum Gasteiger partial charge on any atom is 0.266 e. The topological polar surface area (TPSA) is 64.1 Å². The number of halogens is 2. The molecule has 0 saturated heterocycles. The second-order valence-corrected chi connectivity index (χ2v) is 8.52. The third kappa shape index (κ3) is 5.43. The van der Waals surface area contributed by atoms with Crippen molar-refractivity contribution in [1.29, 1.82) is 0 Å². The molecular weight excluding hydrogens is 421 g/mol. The summed E-state index contributed by atoms with van der Waals surface area (Å²) in [6.45, 7) is 3.51. The molecule has 2 aromatic carbocycles. The number of aryl methyl sites for hydroxylation is 1. The van der Waals surface area contributed by atoms with E-state index in [0.717, 1.165) is 5.56 Å². The van der Waals surface area contributed by atoms with Crippen LogP contribution in [0.4, 0.5) is 9.52 Å². The number of nitrogens with one attached hydrogen (secondary N) is 1. The summed E-state index contributed by atoms with van der Waals surface area (Å²) in [5.74, 6) is 0.402. The van der Waals surface area contributed by atoms with Crippen LogP contribution < -0.4 is 10.1 Å². The molecule has 0 spiro atoms. The number of aromatic nitrogens is 2. The fourth-order valence-electron chi connectivity index (χ4n) is 2.23. The molecule has 9 heteroatoms. The Hall–Kier alpha value is -2.16. The van der Waals surface area contributed by atoms with Gasteiger partial charge in [-0.2, -0.15) is 0 Å². The van der Waals surface area contributed by atoms with Crippen molar-refractivity contribution < 1.29 is 13.9 Å². The maximum absolute atomic E-state index is 13.7. The monoisotopic (exact) mass is 437 g/mol. The van der Waals surface area contributed by atoms with Gasteiger partial charge in [-0.1, -0.05) is 52.9 Å². The molecule has 0 aliphatic heterocycles. The first-order valence-electron chi connectivity index (χ1n) is 8.36. The van der Waals surface area contributed by atoms with Gasteiger partial charge in [0.2, 0.25) is 5.13 Å². The molecule has 28 heavy (non-hydrogen) atoms. The van der Waals surface area contributed by atoms with Crippen molar-refractivity contribution in [2.75, 3.05) is 5.32 Å². The molecule has 1 aromatic heterocycles. The summed E-state index contributed by atoms with van der Waals surface area (Å²) in [5.41, 5.74) is 1.46. The molecule has 1 amide bonds. The Morgan fingerprint density at radius 1 is 1.32 bits per heavy atom. The molecule has 1 unspecified atom stereocenters. The number of amides is 1. The number of hydrogen-bond acceptors (Lipinski definition) is 6. The van der Waals surface area contributed by atoms with Crippen LogP contribution in [0.25, 0.3) is 0 Å². The van der Waals surface area contributed by atoms with Crippen LogP contribution in [0.1, 0.15) is 18.1 Å². The van der Waals surface area contributed by atoms with Gasteiger partial charge in [-0.25, -0.2) is 4.39 Å². The number of benzene rings is 2. The molecule has 0 fully saturated rings. The first-order valence-corrected chi connectivity index (χ1v) is 10.5. The molecule has 3 rings (SSSR count). The number of ether oxygens (including phenoxy) is 1. The van der Waals surface area contributed by atoms with Crippen molar-refractivity contribution in [3.8, 4) is 5.75 Å². The second kappa shape index (κ2) is 9.36. The smallest absolute Gasteiger partial charge is 0.266 e. The second-order valence-electron chi connectivity index (χ2n) is 5.91. The predicted octanol–water partition coefficient (Wildman–Crippen LogP) is 5.34. The van der Waals surface area contributed by atoms with Gasteiger partial charge in [-0.05, 0) is 49.2 Å². The van der Waals surface area contributed by atoms with Crippen LogP contribution in [-0.2, 0) is 10.5 Å². The predicted molar refractivity (Wildman–Crippen MR) is 111 cm³/mol. The summed E-state index contributed by atoms with van der Waals surface area (Å²) in [4.78, 5) is 12.3. The summed E-state index contributed by atoms with van der Waals surface area (Å²) in [7, 11) is 0. The zero-order valence-electron chi connectivity index (χ0n) is 15.1. The minimum Gasteiger partial charge on any atom is -0.481 e. The highest BCUT2D eigenvalue weighted by atomic mass is 35.5. The van der Waals surface area contributed by atoms with E-state index in [-0.39, 0.29) is 11.7 Å². The van der Waals surface area contributed by atoms with Crippen LogP contribution in [0.5, 0.6) is 5.75 Å². The maximum atomic E-state index is 13.7. The number of carbonyl (C=O) groups is 1. The minimum absolute atomic E-state index is 0.253. The fraction of sp³-hybridized carbons (Fsp3) is 0.211. The van der Waals surface area contributed by atoms with E-state index in [1.807, 2.05) is 6.92 Å². The lowest BCUT2D eigenvalue weighted by Crippen LogP contribution is -2.30. The average Bonchev–Trinajstić information content (AvgIpc) is 3.11. The van der Waals surface area contributed by atoms with E-state index in [4.69, 9.17) is 16.3 Å². The number of hydrogen-bond donors (Lipinski definition) is 1. The van der Waals surface area contributed by atoms with E-state index < -0.39 is 6.10 Å². The van der Waals surface area contributed by atoms with Crippen LogP contribution in [0.15, 0.2) is 46.8 Å². The van der Waals surface area contributed by atoms with Crippen LogP contribution >= 0.6 is 34.7 Å². The zero-order valence-corrected chi connectivity index (χ0v) is 17.5. The summed E-state index contributed by atoms with van der Waals surface area (Å²) in [5, 5.41) is 11.7. The third-order valence-corrected chi connectivity index (χ3v) is 6.20. The average molecular weight is 438 g/mol. The summed E-state index contributed by atoms with van der Waals surface area (Å²) in [6.07, 6.45) is -0.723. The van der Waals surface area contributed by atoms with Crippen LogP contribution in [0, 0.1) is 12.7 Å². The van der Waals surface area contributed by atoms with Crippen molar-refractivity contribution in [2.45, 2.75) is 30.0 Å². The van der Waals surface area contributed by atoms with E-state index in [1.165, 1.54) is 29.2 Å². The van der Waals surface area contributed by atoms with Gasteiger partial charge in [0.15, 0.2) is 10.4 Å². The number of rotatable bonds is 7. The van der Waals surface area contributed by atoms with Crippen molar-refractivity contribution in [3.05, 3.63) is 64.4 Å². The molecule has 1 atom stereocenters. The van der Waals surface area contributed by atoms with E-state index in [0.29, 0.717) is 31.6 Å². The molecule has 0 saturated carbocycles. The van der Waals surface area contributed by atoms with Gasteiger partial charge in [-0.3, -0.25) is 10.1 Å². The quantitative estimate of drug-likeness (QED) is 0.399. The summed E-state index contributed by atoms with van der Waals surface area (Å²) >= 11 is 8.58. The van der Waals surface area contributed by atoms with E-state index in [1.54, 1.807) is 43.3 Å². The number of thioether (sulfide) groups is 1. The SMILES string of the molecule is Cc1cc(OC(C)C(=O)Nc2nnc(SCc3ccccc3F)s2)ccc1Cl. The lowest BCUT2D eigenvalue weighted by atomic mass is 10.2. The molecule has 5 nitrogen and oxygen atoms in total. The van der Waals surface area contributed by atoms with Crippen molar-refractivity contribution in [3.63, 3.8) is 0 Å². The lowest BCUT2D eigenvalue weighted by Gasteiger charge is -2.14. The highest BCUT2D eigenvalue weighted by molar-refractivity contribution is 8.00. The van der Waals surface area contributed by atoms with Gasteiger partial charge in [0.25, 0.3) is 5.91 Å². The van der Waals surface area contributed by atoms with Crippen molar-refractivity contribution in [2.24, 2.45) is 0 Å². The van der Waals surface area contributed by atoms with Crippen molar-refractivity contribution in [1.82, 2.24) is 10.2 Å². The Kier molecular flexibility index (Phi) is 6.88. The van der Waals surface area contributed by atoms with Gasteiger partial charge < -0.3 is 4.74 Å². The highest BCUT2D eigenvalue weighted by Crippen LogP contribution is 2.29. The zero-order chi connectivity index (χ0) is 20.1. The normalized spacial score (nSPS) is 11.9. The van der Waals surface area contributed by atoms with E-state index in [9.17, 15) is 9.18 Å². The Morgan fingerprint density at radius 2 is 2.11 bits per heavy atom. The molecular formula is C19H17ClFN3O2S2. The molecule has 146 valence electrons. The summed E-state index contributed by atoms with van der Waals surface area (Å²) in [6, 6.07) is 11.8. The Morgan fingerprint density at radius 3 is 2.86 bits per heavy atom. The largest absolute Gasteiger partial charge is 0.481 e. The molecule has 0 aliphatic carbocycles. The van der Waals surface area contributed by atoms with E-state index in [2.05, 4.69) is 15.5 Å². The number of nitrogens with zero attached hydrogens (tertiary/aromatic N) is 2. The molecule has 0 aliphatic rings. The summed E-state index contributed by atoms with van der Waals surface area (Å²) < 4.78 is 19.9. The molecule has 0 bridgehead atoms. The minimum atomic E-state index is -0.723. The standard InChI is InChI=1S/C19H17ClFN3O2S2/c1-11-9-14(7-8-15(11)20)26-12(2)17(25)22-18-23-24-19(28-18)27-10-13-5-3-4-6-16(13)21/h3-9,12H,10H2,1-2H3,(H,22,23,25). The third-order valence-electron chi connectivity index (χ3n) is 3.76. The van der Waals surface area contributed by atoms with Crippen LogP contribution in [0.2, 0.25) is 5.02 Å². The number of anilines is 1.